The van der Waals surface area contributed by atoms with Crippen molar-refractivity contribution in [1.29, 1.82) is 0 Å². The molecule has 1 aromatic rings. The van der Waals surface area contributed by atoms with Crippen LogP contribution in [0.4, 0.5) is 48.3 Å². The highest BCUT2D eigenvalue weighted by molar-refractivity contribution is 5.29. The molecule has 0 radical (unpaired) electrons. The Labute approximate surface area is 120 Å². The van der Waals surface area contributed by atoms with Crippen LogP contribution in [0.5, 0.6) is 5.75 Å². The fourth-order valence-electron chi connectivity index (χ4n) is 1.25. The van der Waals surface area contributed by atoms with Gasteiger partial charge in [-0.1, -0.05) is 0 Å². The van der Waals surface area contributed by atoms with Crippen LogP contribution in [-0.4, -0.2) is 19.0 Å². The summed E-state index contributed by atoms with van der Waals surface area (Å²) in [5, 5.41) is 0. The second kappa shape index (κ2) is 5.71. The Kier molecular flexibility index (Phi) is 4.79. The fraction of sp³-hybridized carbons (Fsp3) is 0.455. The first-order valence-corrected chi connectivity index (χ1v) is 5.43. The molecule has 0 fully saturated rings. The summed E-state index contributed by atoms with van der Waals surface area (Å²) in [4.78, 5) is 0. The number of benzene rings is 1. The Bertz CT molecular complexity index is 558. The van der Waals surface area contributed by atoms with E-state index in [1.165, 1.54) is 0 Å². The van der Waals surface area contributed by atoms with Gasteiger partial charge in [-0.25, -0.2) is 13.2 Å². The molecule has 0 unspecified atom stereocenters. The minimum atomic E-state index is -5.96. The molecular formula is C11H5F11O. The summed E-state index contributed by atoms with van der Waals surface area (Å²) in [5.41, 5.74) is -4.60. The van der Waals surface area contributed by atoms with E-state index in [1.807, 2.05) is 0 Å². The molecule has 0 aliphatic rings. The second-order valence-corrected chi connectivity index (χ2v) is 4.52. The first-order chi connectivity index (χ1) is 10.1. The van der Waals surface area contributed by atoms with Crippen molar-refractivity contribution >= 4 is 0 Å². The summed E-state index contributed by atoms with van der Waals surface area (Å²) in [6, 6.07) is 0. The molecule has 12 heteroatoms. The van der Waals surface area contributed by atoms with Crippen LogP contribution in [-0.2, 0) is 0 Å². The number of rotatable bonds is 3. The Morgan fingerprint density at radius 1 is 0.652 bits per heavy atom. The molecule has 0 bridgehead atoms. The number of alkyl halides is 6. The van der Waals surface area contributed by atoms with E-state index in [2.05, 4.69) is 4.74 Å². The predicted molar refractivity (Wildman–Crippen MR) is 51.9 cm³/mol. The molecule has 0 heterocycles. The molecule has 1 aromatic carbocycles. The van der Waals surface area contributed by atoms with Crippen molar-refractivity contribution < 1.29 is 53.0 Å². The van der Waals surface area contributed by atoms with E-state index in [-0.39, 0.29) is 6.92 Å². The Morgan fingerprint density at radius 3 is 1.26 bits per heavy atom. The number of hydrogen-bond acceptors (Lipinski definition) is 1. The summed E-state index contributed by atoms with van der Waals surface area (Å²) in [6.07, 6.45) is -11.9. The van der Waals surface area contributed by atoms with Crippen molar-refractivity contribution in [3.8, 4) is 5.75 Å². The maximum absolute atomic E-state index is 13.2. The van der Waals surface area contributed by atoms with Gasteiger partial charge < -0.3 is 4.74 Å². The summed E-state index contributed by atoms with van der Waals surface area (Å²) >= 11 is 0. The number of hydrogen-bond donors (Lipinski definition) is 0. The molecule has 1 nitrogen and oxygen atoms in total. The topological polar surface area (TPSA) is 9.23 Å². The third-order valence-electron chi connectivity index (χ3n) is 2.93. The fourth-order valence-corrected chi connectivity index (χ4v) is 1.25. The van der Waals surface area contributed by atoms with Gasteiger partial charge in [-0.05, 0) is 6.92 Å². The molecule has 0 atom stereocenters. The third kappa shape index (κ3) is 3.15. The predicted octanol–water partition coefficient (Wildman–Crippen LogP) is 4.89. The molecule has 0 aliphatic carbocycles. The van der Waals surface area contributed by atoms with Crippen LogP contribution in [0.3, 0.4) is 0 Å². The van der Waals surface area contributed by atoms with Crippen molar-refractivity contribution in [2.45, 2.75) is 19.3 Å². The van der Waals surface area contributed by atoms with Crippen molar-refractivity contribution in [3.63, 3.8) is 0 Å². The lowest BCUT2D eigenvalue weighted by molar-refractivity contribution is -0.340. The summed E-state index contributed by atoms with van der Waals surface area (Å²) in [6.45, 7) is -2.84. The van der Waals surface area contributed by atoms with E-state index in [0.717, 1.165) is 0 Å². The Hall–Kier alpha value is -1.75. The normalized spacial score (nSPS) is 13.4. The molecular weight excluding hydrogens is 357 g/mol. The minimum Gasteiger partial charge on any atom is -0.486 e. The zero-order valence-corrected chi connectivity index (χ0v) is 10.8. The Morgan fingerprint density at radius 2 is 0.957 bits per heavy atom. The highest BCUT2D eigenvalue weighted by Crippen LogP contribution is 2.50. The quantitative estimate of drug-likeness (QED) is 0.423. The molecule has 0 amide bonds. The lowest BCUT2D eigenvalue weighted by Gasteiger charge is -2.33. The molecule has 132 valence electrons. The molecule has 0 N–H and O–H groups in total. The summed E-state index contributed by atoms with van der Waals surface area (Å²) in [7, 11) is 0. The van der Waals surface area contributed by atoms with E-state index in [0.29, 0.717) is 0 Å². The van der Waals surface area contributed by atoms with E-state index in [9.17, 15) is 48.3 Å². The monoisotopic (exact) mass is 362 g/mol. The van der Waals surface area contributed by atoms with Crippen LogP contribution in [0.2, 0.25) is 0 Å². The van der Waals surface area contributed by atoms with E-state index < -0.39 is 59.2 Å². The molecule has 1 rings (SSSR count). The van der Waals surface area contributed by atoms with Crippen molar-refractivity contribution in [3.05, 3.63) is 29.1 Å². The summed E-state index contributed by atoms with van der Waals surface area (Å²) in [5.74, 6) is -15.4. The van der Waals surface area contributed by atoms with Crippen LogP contribution in [0.25, 0.3) is 0 Å². The van der Waals surface area contributed by atoms with Gasteiger partial charge in [0.25, 0.3) is 0 Å². The van der Waals surface area contributed by atoms with Gasteiger partial charge in [0.2, 0.25) is 29.1 Å². The van der Waals surface area contributed by atoms with Gasteiger partial charge in [0.15, 0.2) is 11.2 Å². The molecule has 0 saturated carbocycles. The van der Waals surface area contributed by atoms with Crippen molar-refractivity contribution in [2.75, 3.05) is 6.61 Å². The van der Waals surface area contributed by atoms with Crippen LogP contribution in [0.15, 0.2) is 0 Å². The van der Waals surface area contributed by atoms with Crippen LogP contribution in [0.1, 0.15) is 6.92 Å². The van der Waals surface area contributed by atoms with E-state index in [4.69, 9.17) is 0 Å². The largest absolute Gasteiger partial charge is 0.486 e. The van der Waals surface area contributed by atoms with Gasteiger partial charge >= 0.3 is 12.4 Å². The van der Waals surface area contributed by atoms with Gasteiger partial charge in [-0.3, -0.25) is 0 Å². The minimum absolute atomic E-state index is 0.390. The maximum atomic E-state index is 13.2. The number of halogens is 11. The highest BCUT2D eigenvalue weighted by Gasteiger charge is 2.68. The standard InChI is InChI=1S/C11H5F11O/c1-9(10(17,18)19,11(20,21)22)2-23-8-6(15)4(13)3(12)5(14)7(8)16/h2H2,1H3. The molecule has 0 spiro atoms. The highest BCUT2D eigenvalue weighted by atomic mass is 19.4. The molecule has 0 saturated heterocycles. The molecule has 0 aromatic heterocycles. The SMILES string of the molecule is CC(COc1c(F)c(F)c(F)c(F)c1F)(C(F)(F)F)C(F)(F)F. The van der Waals surface area contributed by atoms with Gasteiger partial charge in [0, 0.05) is 0 Å². The van der Waals surface area contributed by atoms with Gasteiger partial charge in [0.05, 0.1) is 0 Å². The average Bonchev–Trinajstić information content (AvgIpc) is 2.40. The van der Waals surface area contributed by atoms with E-state index >= 15 is 0 Å². The lowest BCUT2D eigenvalue weighted by atomic mass is 9.90. The van der Waals surface area contributed by atoms with Gasteiger partial charge in [-0.15, -0.1) is 0 Å². The molecule has 0 aliphatic heterocycles. The zero-order valence-electron chi connectivity index (χ0n) is 10.8. The third-order valence-corrected chi connectivity index (χ3v) is 2.93. The lowest BCUT2D eigenvalue weighted by Crippen LogP contribution is -2.51. The number of ether oxygens (including phenoxy) is 1. The van der Waals surface area contributed by atoms with Crippen LogP contribution in [0, 0.1) is 34.5 Å². The summed E-state index contributed by atoms with van der Waals surface area (Å²) < 4.78 is 143. The first-order valence-electron chi connectivity index (χ1n) is 5.43. The smallest absolute Gasteiger partial charge is 0.406 e. The maximum Gasteiger partial charge on any atom is 0.406 e. The van der Waals surface area contributed by atoms with Crippen LogP contribution >= 0.6 is 0 Å². The Balaban J connectivity index is 3.30. The van der Waals surface area contributed by atoms with Gasteiger partial charge in [0.1, 0.15) is 6.61 Å². The zero-order chi connectivity index (χ0) is 18.4. The van der Waals surface area contributed by atoms with Crippen molar-refractivity contribution in [1.82, 2.24) is 0 Å². The second-order valence-electron chi connectivity index (χ2n) is 4.52. The van der Waals surface area contributed by atoms with Crippen molar-refractivity contribution in [2.24, 2.45) is 5.41 Å². The van der Waals surface area contributed by atoms with E-state index in [1.54, 1.807) is 0 Å². The van der Waals surface area contributed by atoms with Gasteiger partial charge in [-0.2, -0.15) is 35.1 Å². The molecule has 23 heavy (non-hydrogen) atoms. The van der Waals surface area contributed by atoms with Crippen LogP contribution < -0.4 is 4.74 Å². The first kappa shape index (κ1) is 19.3. The average molecular weight is 362 g/mol.